The van der Waals surface area contributed by atoms with E-state index in [-0.39, 0.29) is 18.6 Å². The fourth-order valence-corrected chi connectivity index (χ4v) is 4.72. The number of hydrogen-bond acceptors (Lipinski definition) is 6. The maximum Gasteiger partial charge on any atom is 0.214 e. The lowest BCUT2D eigenvalue weighted by molar-refractivity contribution is -0.107. The highest BCUT2D eigenvalue weighted by molar-refractivity contribution is 6.34. The maximum absolute atomic E-state index is 12.1. The van der Waals surface area contributed by atoms with E-state index in [0.717, 1.165) is 37.0 Å². The van der Waals surface area contributed by atoms with Gasteiger partial charge in [0.2, 0.25) is 6.41 Å². The third-order valence-electron chi connectivity index (χ3n) is 7.16. The van der Waals surface area contributed by atoms with Gasteiger partial charge in [-0.05, 0) is 51.4 Å². The number of para-hydroxylation sites is 1. The molecule has 2 unspecified atom stereocenters. The standard InChI is InChI=1S/C27H37B2N3O4/c1-20(30(3)23-9-5-4-6-10-23)15-32(19-34)24-12-11-21(25(14-24)36-26(28)29)16-31-13-7-8-22(17-31)27(2,35)18-33/h4-6,9-12,14,19-20,22,26,33,35H,7-8,13,15-18H2,1-3H3/t20?,22?,27-/m1/s1. The number of benzene rings is 2. The number of nitrogens with zero attached hydrogens (tertiary/aromatic N) is 3. The number of amides is 1. The van der Waals surface area contributed by atoms with Crippen LogP contribution >= 0.6 is 0 Å². The summed E-state index contributed by atoms with van der Waals surface area (Å²) in [5.74, 6) is -0.504. The van der Waals surface area contributed by atoms with E-state index in [0.29, 0.717) is 31.1 Å². The molecule has 1 aliphatic rings. The minimum atomic E-state index is -1.12. The topological polar surface area (TPSA) is 76.5 Å². The van der Waals surface area contributed by atoms with Gasteiger partial charge in [0.1, 0.15) is 21.4 Å². The predicted octanol–water partition coefficient (Wildman–Crippen LogP) is 2.13. The normalized spacial score (nSPS) is 18.9. The lowest BCUT2D eigenvalue weighted by Gasteiger charge is -2.39. The van der Waals surface area contributed by atoms with E-state index in [9.17, 15) is 15.0 Å². The molecule has 9 heteroatoms. The molecule has 0 aliphatic carbocycles. The number of aliphatic hydroxyl groups is 2. The number of rotatable bonds is 12. The molecule has 0 aromatic heterocycles. The summed E-state index contributed by atoms with van der Waals surface area (Å²) in [6, 6.07) is 15.7. The Morgan fingerprint density at radius 2 is 1.94 bits per heavy atom. The summed E-state index contributed by atoms with van der Waals surface area (Å²) < 4.78 is 5.75. The van der Waals surface area contributed by atoms with Gasteiger partial charge in [0.25, 0.3) is 0 Å². The summed E-state index contributed by atoms with van der Waals surface area (Å²) in [5, 5.41) is 20.1. The zero-order valence-electron chi connectivity index (χ0n) is 21.6. The number of ether oxygens (including phenoxy) is 1. The summed E-state index contributed by atoms with van der Waals surface area (Å²) in [6.45, 7) is 6.07. The second kappa shape index (κ2) is 12.7. The van der Waals surface area contributed by atoms with Gasteiger partial charge in [0.05, 0.1) is 12.2 Å². The first kappa shape index (κ1) is 28.1. The molecule has 0 spiro atoms. The van der Waals surface area contributed by atoms with Crippen LogP contribution in [0.4, 0.5) is 11.4 Å². The van der Waals surface area contributed by atoms with Gasteiger partial charge in [-0.1, -0.05) is 24.3 Å². The molecule has 4 radical (unpaired) electrons. The lowest BCUT2D eigenvalue weighted by Crippen LogP contribution is -2.47. The van der Waals surface area contributed by atoms with Crippen molar-refractivity contribution in [2.45, 2.75) is 50.8 Å². The number of anilines is 2. The Kier molecular flexibility index (Phi) is 9.88. The van der Waals surface area contributed by atoms with Gasteiger partial charge in [-0.2, -0.15) is 0 Å². The predicted molar refractivity (Wildman–Crippen MR) is 146 cm³/mol. The molecule has 3 atom stereocenters. The van der Waals surface area contributed by atoms with Gasteiger partial charge < -0.3 is 24.7 Å². The summed E-state index contributed by atoms with van der Waals surface area (Å²) in [4.78, 5) is 18.1. The van der Waals surface area contributed by atoms with Crippen LogP contribution in [-0.2, 0) is 11.3 Å². The van der Waals surface area contributed by atoms with Crippen molar-refractivity contribution in [2.24, 2.45) is 5.92 Å². The van der Waals surface area contributed by atoms with Crippen molar-refractivity contribution < 1.29 is 19.7 Å². The Morgan fingerprint density at radius 3 is 2.58 bits per heavy atom. The van der Waals surface area contributed by atoms with Crippen LogP contribution in [-0.4, -0.2) is 88.0 Å². The van der Waals surface area contributed by atoms with Crippen LogP contribution in [0.25, 0.3) is 0 Å². The third-order valence-corrected chi connectivity index (χ3v) is 7.16. The van der Waals surface area contributed by atoms with E-state index >= 15 is 0 Å². The van der Waals surface area contributed by atoms with Gasteiger partial charge in [0.15, 0.2) is 0 Å². The Hall–Kier alpha value is -2.48. The van der Waals surface area contributed by atoms with Crippen molar-refractivity contribution in [1.82, 2.24) is 4.90 Å². The molecule has 2 N–H and O–H groups in total. The van der Waals surface area contributed by atoms with E-state index < -0.39 is 11.5 Å². The third kappa shape index (κ3) is 7.28. The van der Waals surface area contributed by atoms with Crippen LogP contribution in [0.2, 0.25) is 0 Å². The molecule has 36 heavy (non-hydrogen) atoms. The van der Waals surface area contributed by atoms with E-state index in [2.05, 4.69) is 16.7 Å². The molecule has 3 rings (SSSR count). The van der Waals surface area contributed by atoms with Crippen LogP contribution in [0.15, 0.2) is 48.5 Å². The highest BCUT2D eigenvalue weighted by Gasteiger charge is 2.34. The number of likely N-dealkylation sites (N-methyl/N-ethyl adjacent to an activating group) is 1. The molecule has 190 valence electrons. The molecule has 1 aliphatic heterocycles. The average Bonchev–Trinajstić information content (AvgIpc) is 2.88. The smallest absolute Gasteiger partial charge is 0.214 e. The Bertz CT molecular complexity index is 977. The molecule has 0 bridgehead atoms. The second-order valence-electron chi connectivity index (χ2n) is 10.0. The monoisotopic (exact) mass is 489 g/mol. The minimum Gasteiger partial charge on any atom is -0.509 e. The van der Waals surface area contributed by atoms with Gasteiger partial charge >= 0.3 is 0 Å². The van der Waals surface area contributed by atoms with Gasteiger partial charge in [-0.15, -0.1) is 0 Å². The van der Waals surface area contributed by atoms with Crippen molar-refractivity contribution >= 4 is 33.5 Å². The fourth-order valence-electron chi connectivity index (χ4n) is 4.72. The summed E-state index contributed by atoms with van der Waals surface area (Å²) in [6.07, 6.45) is 2.61. The van der Waals surface area contributed by atoms with Crippen LogP contribution in [0.1, 0.15) is 32.3 Å². The first-order valence-corrected chi connectivity index (χ1v) is 12.5. The molecule has 1 fully saturated rings. The van der Waals surface area contributed by atoms with E-state index in [4.69, 9.17) is 20.4 Å². The molecule has 0 saturated carbocycles. The molecule has 1 saturated heterocycles. The average molecular weight is 489 g/mol. The number of likely N-dealkylation sites (tertiary alicyclic amines) is 1. The fraction of sp³-hybridized carbons (Fsp3) is 0.519. The van der Waals surface area contributed by atoms with Crippen LogP contribution in [0.5, 0.6) is 5.75 Å². The number of piperidine rings is 1. The Balaban J connectivity index is 1.76. The Labute approximate surface area is 217 Å². The number of hydrogen-bond donors (Lipinski definition) is 2. The quantitative estimate of drug-likeness (QED) is 0.352. The highest BCUT2D eigenvalue weighted by Crippen LogP contribution is 2.31. The van der Waals surface area contributed by atoms with E-state index in [1.165, 1.54) is 0 Å². The van der Waals surface area contributed by atoms with Crippen molar-refractivity contribution in [1.29, 1.82) is 0 Å². The zero-order chi connectivity index (χ0) is 26.3. The SMILES string of the molecule is [B]C([B])Oc1cc(N(C=O)CC(C)N(C)c2ccccc2)ccc1CN1CCCC([C@](C)(O)CO)C1. The van der Waals surface area contributed by atoms with Gasteiger partial charge in [-0.3, -0.25) is 9.69 Å². The van der Waals surface area contributed by atoms with Crippen molar-refractivity contribution in [3.63, 3.8) is 0 Å². The number of aliphatic hydroxyl groups excluding tert-OH is 1. The minimum absolute atomic E-state index is 0.0229. The molecule has 2 aromatic rings. The molecule has 7 nitrogen and oxygen atoms in total. The number of carbonyl (C=O) groups excluding carboxylic acids is 1. The lowest BCUT2D eigenvalue weighted by atomic mass is 9.82. The number of carbonyl (C=O) groups is 1. The second-order valence-corrected chi connectivity index (χ2v) is 10.0. The summed E-state index contributed by atoms with van der Waals surface area (Å²) >= 11 is 0. The zero-order valence-corrected chi connectivity index (χ0v) is 21.6. The van der Waals surface area contributed by atoms with Crippen molar-refractivity contribution in [2.75, 3.05) is 43.1 Å². The molecule has 1 amide bonds. The largest absolute Gasteiger partial charge is 0.509 e. The first-order chi connectivity index (χ1) is 17.1. The molecular weight excluding hydrogens is 452 g/mol. The Morgan fingerprint density at radius 1 is 1.22 bits per heavy atom. The highest BCUT2D eigenvalue weighted by atomic mass is 16.5. The van der Waals surface area contributed by atoms with Crippen molar-refractivity contribution in [3.05, 3.63) is 54.1 Å². The maximum atomic E-state index is 12.1. The molecule has 1 heterocycles. The van der Waals surface area contributed by atoms with E-state index in [1.54, 1.807) is 17.9 Å². The first-order valence-electron chi connectivity index (χ1n) is 12.5. The van der Waals surface area contributed by atoms with Crippen LogP contribution in [0.3, 0.4) is 0 Å². The van der Waals surface area contributed by atoms with Gasteiger partial charge in [0, 0.05) is 67.5 Å². The van der Waals surface area contributed by atoms with E-state index in [1.807, 2.05) is 49.5 Å². The molecule has 2 aromatic carbocycles. The van der Waals surface area contributed by atoms with Gasteiger partial charge in [-0.25, -0.2) is 0 Å². The molecular formula is C27H37B2N3O4. The van der Waals surface area contributed by atoms with Crippen LogP contribution < -0.4 is 14.5 Å². The van der Waals surface area contributed by atoms with Crippen molar-refractivity contribution in [3.8, 4) is 5.75 Å². The van der Waals surface area contributed by atoms with Crippen LogP contribution in [0, 0.1) is 5.92 Å². The summed E-state index contributed by atoms with van der Waals surface area (Å²) in [5.41, 5.74) is 1.54. The summed E-state index contributed by atoms with van der Waals surface area (Å²) in [7, 11) is 13.5.